The highest BCUT2D eigenvalue weighted by Crippen LogP contribution is 2.17. The SMILES string of the molecule is C.C.C.C.C.C.CCC(C)C(=O)OCCC(CSCC(N)C(=O)CC(CO)C(=O)CCCOCCC(=O)CCC(N)=O)OC(=O)C(C)CC. The van der Waals surface area contributed by atoms with Crippen LogP contribution in [0.4, 0.5) is 0 Å². The van der Waals surface area contributed by atoms with Crippen molar-refractivity contribution >= 4 is 47.0 Å². The molecule has 0 saturated carbocycles. The fraction of sp³-hybridized carbons (Fsp3) is 0.833. The molecule has 0 heterocycles. The maximum Gasteiger partial charge on any atom is 0.308 e. The quantitative estimate of drug-likeness (QED) is 0.0663. The average molecular weight is 729 g/mol. The van der Waals surface area contributed by atoms with Gasteiger partial charge in [-0.05, 0) is 19.3 Å². The zero-order valence-corrected chi connectivity index (χ0v) is 27.0. The van der Waals surface area contributed by atoms with Gasteiger partial charge >= 0.3 is 11.9 Å². The lowest BCUT2D eigenvalue weighted by atomic mass is 9.93. The summed E-state index contributed by atoms with van der Waals surface area (Å²) in [7, 11) is 0. The van der Waals surface area contributed by atoms with Crippen molar-refractivity contribution in [1.82, 2.24) is 0 Å². The van der Waals surface area contributed by atoms with Gasteiger partial charge in [0.05, 0.1) is 37.7 Å². The number of ether oxygens (including phenoxy) is 3. The van der Waals surface area contributed by atoms with Crippen molar-refractivity contribution in [2.75, 3.05) is 37.9 Å². The Labute approximate surface area is 303 Å². The number of ketones is 3. The van der Waals surface area contributed by atoms with E-state index in [1.165, 1.54) is 11.8 Å². The van der Waals surface area contributed by atoms with Crippen molar-refractivity contribution in [2.45, 2.75) is 142 Å². The fourth-order valence-electron chi connectivity index (χ4n) is 3.55. The standard InChI is InChI=1S/C30H52N2O10S.6CH4/c1-5-20(3)29(38)41-15-12-24(42-30(39)21(4)6-2)18-43-19-25(31)27(36)16-22(17-33)26(35)8-7-13-40-14-11-23(34)9-10-28(32)37;;;;;;/h20-22,24-25,33H,5-19,31H2,1-4H3,(H2,32,37);6*1H4. The van der Waals surface area contributed by atoms with Gasteiger partial charge in [0.25, 0.3) is 0 Å². The summed E-state index contributed by atoms with van der Waals surface area (Å²) < 4.78 is 16.3. The van der Waals surface area contributed by atoms with Crippen LogP contribution in [0, 0.1) is 17.8 Å². The van der Waals surface area contributed by atoms with E-state index >= 15 is 0 Å². The highest BCUT2D eigenvalue weighted by Gasteiger charge is 2.25. The monoisotopic (exact) mass is 729 g/mol. The minimum atomic E-state index is -0.878. The van der Waals surface area contributed by atoms with Crippen LogP contribution in [0.25, 0.3) is 0 Å². The number of esters is 2. The van der Waals surface area contributed by atoms with E-state index in [1.807, 2.05) is 13.8 Å². The molecule has 0 radical (unpaired) electrons. The summed E-state index contributed by atoms with van der Waals surface area (Å²) in [5.74, 6) is -2.74. The van der Waals surface area contributed by atoms with Crippen LogP contribution < -0.4 is 11.5 Å². The summed E-state index contributed by atoms with van der Waals surface area (Å²) in [4.78, 5) is 71.8. The Morgan fingerprint density at radius 2 is 1.31 bits per heavy atom. The van der Waals surface area contributed by atoms with Crippen LogP contribution in [-0.4, -0.2) is 90.4 Å². The van der Waals surface area contributed by atoms with Crippen molar-refractivity contribution in [3.8, 4) is 0 Å². The lowest BCUT2D eigenvalue weighted by molar-refractivity contribution is -0.154. The molecule has 5 atom stereocenters. The molecule has 0 aromatic carbocycles. The van der Waals surface area contributed by atoms with Crippen LogP contribution in [0.1, 0.15) is 130 Å². The molecule has 296 valence electrons. The predicted molar refractivity (Wildman–Crippen MR) is 203 cm³/mol. The summed E-state index contributed by atoms with van der Waals surface area (Å²) in [6.45, 7) is 7.35. The van der Waals surface area contributed by atoms with Crippen molar-refractivity contribution in [1.29, 1.82) is 0 Å². The number of hydrogen-bond donors (Lipinski definition) is 3. The molecule has 0 aliphatic carbocycles. The lowest BCUT2D eigenvalue weighted by Gasteiger charge is -2.21. The van der Waals surface area contributed by atoms with Gasteiger partial charge in [0.1, 0.15) is 17.7 Å². The predicted octanol–water partition coefficient (Wildman–Crippen LogP) is 5.96. The first-order valence-electron chi connectivity index (χ1n) is 15.1. The topological polar surface area (TPSA) is 202 Å². The molecule has 0 bridgehead atoms. The van der Waals surface area contributed by atoms with E-state index in [4.69, 9.17) is 25.7 Å². The van der Waals surface area contributed by atoms with Gasteiger partial charge in [-0.1, -0.05) is 72.3 Å². The van der Waals surface area contributed by atoms with E-state index < -0.39 is 30.6 Å². The summed E-state index contributed by atoms with van der Waals surface area (Å²) in [6, 6.07) is -0.878. The van der Waals surface area contributed by atoms with Gasteiger partial charge in [-0.15, -0.1) is 0 Å². The molecule has 0 aromatic rings. The second-order valence-electron chi connectivity index (χ2n) is 10.8. The van der Waals surface area contributed by atoms with Crippen LogP contribution in [-0.2, 0) is 43.0 Å². The molecule has 1 amide bonds. The van der Waals surface area contributed by atoms with Crippen molar-refractivity contribution in [2.24, 2.45) is 29.2 Å². The molecule has 0 saturated heterocycles. The molecule has 0 aromatic heterocycles. The third kappa shape index (κ3) is 30.2. The van der Waals surface area contributed by atoms with E-state index in [-0.39, 0.29) is 143 Å². The third-order valence-electron chi connectivity index (χ3n) is 7.02. The fourth-order valence-corrected chi connectivity index (χ4v) is 4.62. The Morgan fingerprint density at radius 1 is 0.735 bits per heavy atom. The van der Waals surface area contributed by atoms with Gasteiger partial charge in [0.15, 0.2) is 5.78 Å². The van der Waals surface area contributed by atoms with Gasteiger partial charge in [-0.25, -0.2) is 0 Å². The van der Waals surface area contributed by atoms with Gasteiger partial charge in [-0.3, -0.25) is 28.8 Å². The summed E-state index contributed by atoms with van der Waals surface area (Å²) in [5, 5.41) is 9.68. The molecular weight excluding hydrogens is 652 g/mol. The number of hydrogen-bond acceptors (Lipinski definition) is 12. The van der Waals surface area contributed by atoms with Gasteiger partial charge in [0.2, 0.25) is 5.91 Å². The number of nitrogens with two attached hydrogens (primary N) is 2. The number of carbonyl (C=O) groups excluding carboxylic acids is 6. The molecule has 0 rings (SSSR count). The highest BCUT2D eigenvalue weighted by molar-refractivity contribution is 7.99. The first-order chi connectivity index (χ1) is 20.4. The molecule has 0 aliphatic rings. The highest BCUT2D eigenvalue weighted by atomic mass is 32.2. The van der Waals surface area contributed by atoms with Gasteiger partial charge < -0.3 is 30.8 Å². The molecule has 0 aliphatic heterocycles. The molecule has 12 nitrogen and oxygen atoms in total. The second kappa shape index (κ2) is 36.9. The number of aliphatic hydroxyl groups excluding tert-OH is 1. The van der Waals surface area contributed by atoms with Gasteiger partial charge in [-0.2, -0.15) is 11.8 Å². The van der Waals surface area contributed by atoms with Crippen molar-refractivity contribution in [3.05, 3.63) is 0 Å². The normalized spacial score (nSPS) is 12.9. The number of aliphatic hydroxyl groups is 1. The number of thioether (sulfide) groups is 1. The Kier molecular flexibility index (Phi) is 46.6. The summed E-state index contributed by atoms with van der Waals surface area (Å²) >= 11 is 1.33. The number of carbonyl (C=O) groups is 6. The van der Waals surface area contributed by atoms with E-state index in [1.54, 1.807) is 13.8 Å². The number of amides is 1. The second-order valence-corrected chi connectivity index (χ2v) is 11.8. The van der Waals surface area contributed by atoms with Crippen molar-refractivity contribution in [3.63, 3.8) is 0 Å². The van der Waals surface area contributed by atoms with Crippen LogP contribution >= 0.6 is 11.8 Å². The Bertz CT molecular complexity index is 888. The zero-order valence-electron chi connectivity index (χ0n) is 26.2. The molecule has 5 N–H and O–H groups in total. The van der Waals surface area contributed by atoms with Crippen LogP contribution in [0.15, 0.2) is 0 Å². The molecule has 0 spiro atoms. The lowest BCUT2D eigenvalue weighted by Crippen LogP contribution is -2.36. The van der Waals surface area contributed by atoms with E-state index in [9.17, 15) is 33.9 Å². The smallest absolute Gasteiger partial charge is 0.308 e. The van der Waals surface area contributed by atoms with Crippen LogP contribution in [0.3, 0.4) is 0 Å². The summed E-state index contributed by atoms with van der Waals surface area (Å²) in [5.41, 5.74) is 11.1. The Morgan fingerprint density at radius 3 is 1.84 bits per heavy atom. The third-order valence-corrected chi connectivity index (χ3v) is 8.22. The maximum atomic E-state index is 12.7. The van der Waals surface area contributed by atoms with Crippen LogP contribution in [0.2, 0.25) is 0 Å². The summed E-state index contributed by atoms with van der Waals surface area (Å²) in [6.07, 6.45) is 1.58. The largest absolute Gasteiger partial charge is 0.465 e. The minimum absolute atomic E-state index is 0. The van der Waals surface area contributed by atoms with Crippen LogP contribution in [0.5, 0.6) is 0 Å². The van der Waals surface area contributed by atoms with E-state index in [0.717, 1.165) is 0 Å². The Balaban J connectivity index is -0.000000588. The molecule has 0 fully saturated rings. The number of Topliss-reactive ketones (excluding diaryl/α,β-unsaturated/α-hetero) is 3. The Hall–Kier alpha value is -2.35. The first-order valence-corrected chi connectivity index (χ1v) is 16.3. The average Bonchev–Trinajstić information content (AvgIpc) is 2.98. The zero-order chi connectivity index (χ0) is 32.8. The van der Waals surface area contributed by atoms with E-state index in [0.29, 0.717) is 31.4 Å². The molecular formula is C36H76N2O10S. The molecule has 49 heavy (non-hydrogen) atoms. The molecule has 13 heteroatoms. The van der Waals surface area contributed by atoms with Crippen molar-refractivity contribution < 1.29 is 48.1 Å². The van der Waals surface area contributed by atoms with E-state index in [2.05, 4.69) is 0 Å². The number of primary amides is 1. The molecule has 5 unspecified atom stereocenters. The minimum Gasteiger partial charge on any atom is -0.465 e. The first kappa shape index (κ1) is 61.8. The maximum absolute atomic E-state index is 12.7. The van der Waals surface area contributed by atoms with Gasteiger partial charge in [0, 0.05) is 62.6 Å². The number of rotatable bonds is 27.